The van der Waals surface area contributed by atoms with Crippen molar-refractivity contribution in [3.8, 4) is 11.5 Å². The SMILES string of the molecule is CC(C)c1ccccc1C1CC(c2ccccc2C(C)C)CC(c2ccc(O)cc2)(c2ccc(O)cc2)C1. The number of phenolic OH excluding ortho intramolecular Hbond substituents is 2. The molecular weight excluding hydrogens is 464 g/mol. The van der Waals surface area contributed by atoms with Crippen molar-refractivity contribution in [3.05, 3.63) is 130 Å². The Labute approximate surface area is 228 Å². The fourth-order valence-corrected chi connectivity index (χ4v) is 6.92. The van der Waals surface area contributed by atoms with Crippen LogP contribution >= 0.6 is 0 Å². The largest absolute Gasteiger partial charge is 0.508 e. The highest BCUT2D eigenvalue weighted by molar-refractivity contribution is 5.47. The summed E-state index contributed by atoms with van der Waals surface area (Å²) in [5.41, 5.74) is 7.96. The lowest BCUT2D eigenvalue weighted by molar-refractivity contribution is 0.275. The summed E-state index contributed by atoms with van der Waals surface area (Å²) >= 11 is 0. The second kappa shape index (κ2) is 10.7. The van der Waals surface area contributed by atoms with Crippen molar-refractivity contribution in [1.29, 1.82) is 0 Å². The first kappa shape index (κ1) is 26.1. The van der Waals surface area contributed by atoms with Crippen LogP contribution in [-0.2, 0) is 5.41 Å². The molecule has 4 aromatic rings. The van der Waals surface area contributed by atoms with E-state index in [0.717, 1.165) is 19.3 Å². The van der Waals surface area contributed by atoms with Crippen LogP contribution in [0.2, 0.25) is 0 Å². The number of hydrogen-bond acceptors (Lipinski definition) is 2. The van der Waals surface area contributed by atoms with Crippen LogP contribution in [0, 0.1) is 0 Å². The summed E-state index contributed by atoms with van der Waals surface area (Å²) in [4.78, 5) is 0. The van der Waals surface area contributed by atoms with Gasteiger partial charge in [0.25, 0.3) is 0 Å². The van der Waals surface area contributed by atoms with Crippen LogP contribution in [0.4, 0.5) is 0 Å². The van der Waals surface area contributed by atoms with E-state index in [1.807, 2.05) is 24.3 Å². The lowest BCUT2D eigenvalue weighted by atomic mass is 9.56. The number of hydrogen-bond donors (Lipinski definition) is 2. The third kappa shape index (κ3) is 4.97. The van der Waals surface area contributed by atoms with Gasteiger partial charge in [-0.3, -0.25) is 0 Å². The van der Waals surface area contributed by atoms with Gasteiger partial charge in [-0.25, -0.2) is 0 Å². The van der Waals surface area contributed by atoms with E-state index in [0.29, 0.717) is 23.7 Å². The molecular formula is C36H40O2. The third-order valence-corrected chi connectivity index (χ3v) is 8.71. The maximum Gasteiger partial charge on any atom is 0.115 e. The monoisotopic (exact) mass is 504 g/mol. The van der Waals surface area contributed by atoms with Gasteiger partial charge in [0.2, 0.25) is 0 Å². The van der Waals surface area contributed by atoms with Crippen LogP contribution in [0.5, 0.6) is 11.5 Å². The van der Waals surface area contributed by atoms with Crippen molar-refractivity contribution in [2.45, 2.75) is 76.0 Å². The van der Waals surface area contributed by atoms with Crippen molar-refractivity contribution in [2.75, 3.05) is 0 Å². The maximum absolute atomic E-state index is 10.2. The average Bonchev–Trinajstić information content (AvgIpc) is 2.93. The normalized spacial score (nSPS) is 19.1. The van der Waals surface area contributed by atoms with Gasteiger partial charge in [0, 0.05) is 5.41 Å². The first-order valence-electron chi connectivity index (χ1n) is 14.0. The van der Waals surface area contributed by atoms with Crippen molar-refractivity contribution in [3.63, 3.8) is 0 Å². The van der Waals surface area contributed by atoms with E-state index in [2.05, 4.69) is 100 Å². The van der Waals surface area contributed by atoms with E-state index in [4.69, 9.17) is 0 Å². The molecule has 1 saturated carbocycles. The molecule has 0 spiro atoms. The van der Waals surface area contributed by atoms with E-state index in [1.165, 1.54) is 33.4 Å². The number of aromatic hydroxyl groups is 2. The predicted molar refractivity (Wildman–Crippen MR) is 157 cm³/mol. The molecule has 2 N–H and O–H groups in total. The first-order valence-corrected chi connectivity index (χ1v) is 14.0. The Hall–Kier alpha value is -3.52. The standard InChI is InChI=1S/C36H40O2/c1-24(2)32-9-5-7-11-34(32)26-21-27(35-12-8-6-10-33(35)25(3)4)23-36(22-26,28-13-17-30(37)18-14-28)29-15-19-31(38)20-16-29/h5-20,24-27,37-38H,21-23H2,1-4H3. The molecule has 1 aliphatic carbocycles. The van der Waals surface area contributed by atoms with Crippen molar-refractivity contribution < 1.29 is 10.2 Å². The molecule has 196 valence electrons. The summed E-state index contributed by atoms with van der Waals surface area (Å²) in [6.45, 7) is 9.17. The number of benzene rings is 4. The molecule has 4 aromatic carbocycles. The molecule has 2 heteroatoms. The fourth-order valence-electron chi connectivity index (χ4n) is 6.92. The zero-order valence-corrected chi connectivity index (χ0v) is 23.1. The van der Waals surface area contributed by atoms with Crippen molar-refractivity contribution in [2.24, 2.45) is 0 Å². The van der Waals surface area contributed by atoms with Gasteiger partial charge >= 0.3 is 0 Å². The molecule has 0 amide bonds. The zero-order valence-electron chi connectivity index (χ0n) is 23.1. The summed E-state index contributed by atoms with van der Waals surface area (Å²) in [6, 6.07) is 33.7. The van der Waals surface area contributed by atoms with Crippen LogP contribution in [0.25, 0.3) is 0 Å². The fraction of sp³-hybridized carbons (Fsp3) is 0.333. The smallest absolute Gasteiger partial charge is 0.115 e. The molecule has 0 aromatic heterocycles. The van der Waals surface area contributed by atoms with Gasteiger partial charge < -0.3 is 10.2 Å². The lowest BCUT2D eigenvalue weighted by Crippen LogP contribution is -2.37. The van der Waals surface area contributed by atoms with Crippen LogP contribution in [-0.4, -0.2) is 10.2 Å². The highest BCUT2D eigenvalue weighted by Crippen LogP contribution is 2.56. The topological polar surface area (TPSA) is 40.5 Å². The van der Waals surface area contributed by atoms with Crippen molar-refractivity contribution in [1.82, 2.24) is 0 Å². The summed E-state index contributed by atoms with van der Waals surface area (Å²) in [5.74, 6) is 2.21. The van der Waals surface area contributed by atoms with Gasteiger partial charge in [-0.05, 0) is 101 Å². The minimum atomic E-state index is -0.261. The Bertz CT molecular complexity index is 1260. The van der Waals surface area contributed by atoms with Gasteiger partial charge in [0.1, 0.15) is 11.5 Å². The zero-order chi connectivity index (χ0) is 26.9. The van der Waals surface area contributed by atoms with Crippen molar-refractivity contribution >= 4 is 0 Å². The number of phenols is 2. The molecule has 0 saturated heterocycles. The minimum absolute atomic E-state index is 0.261. The van der Waals surface area contributed by atoms with E-state index in [-0.39, 0.29) is 16.9 Å². The Morgan fingerprint density at radius 1 is 0.553 bits per heavy atom. The number of rotatable bonds is 6. The van der Waals surface area contributed by atoms with Gasteiger partial charge in [0.15, 0.2) is 0 Å². The Morgan fingerprint density at radius 2 is 0.921 bits per heavy atom. The Balaban J connectivity index is 1.74. The van der Waals surface area contributed by atoms with Gasteiger partial charge in [-0.2, -0.15) is 0 Å². The lowest BCUT2D eigenvalue weighted by Gasteiger charge is -2.47. The average molecular weight is 505 g/mol. The van der Waals surface area contributed by atoms with E-state index in [9.17, 15) is 10.2 Å². The first-order chi connectivity index (χ1) is 18.3. The minimum Gasteiger partial charge on any atom is -0.508 e. The van der Waals surface area contributed by atoms with E-state index in [1.54, 1.807) is 0 Å². The summed E-state index contributed by atoms with van der Waals surface area (Å²) < 4.78 is 0. The molecule has 2 nitrogen and oxygen atoms in total. The Kier molecular flexibility index (Phi) is 7.34. The predicted octanol–water partition coefficient (Wildman–Crippen LogP) is 9.38. The van der Waals surface area contributed by atoms with Gasteiger partial charge in [-0.15, -0.1) is 0 Å². The molecule has 5 rings (SSSR count). The third-order valence-electron chi connectivity index (χ3n) is 8.71. The molecule has 0 heterocycles. The molecule has 1 fully saturated rings. The molecule has 0 aliphatic heterocycles. The van der Waals surface area contributed by atoms with E-state index < -0.39 is 0 Å². The highest BCUT2D eigenvalue weighted by Gasteiger charge is 2.45. The van der Waals surface area contributed by atoms with Crippen LogP contribution < -0.4 is 0 Å². The summed E-state index contributed by atoms with van der Waals surface area (Å²) in [5, 5.41) is 20.3. The maximum atomic E-state index is 10.2. The quantitative estimate of drug-likeness (QED) is 0.274. The summed E-state index contributed by atoms with van der Waals surface area (Å²) in [7, 11) is 0. The van der Waals surface area contributed by atoms with Gasteiger partial charge in [-0.1, -0.05) is 100 Å². The summed E-state index contributed by atoms with van der Waals surface area (Å²) in [6.07, 6.45) is 3.06. The second-order valence-corrected chi connectivity index (χ2v) is 11.8. The Morgan fingerprint density at radius 3 is 1.29 bits per heavy atom. The van der Waals surface area contributed by atoms with Crippen LogP contribution in [0.15, 0.2) is 97.1 Å². The molecule has 1 aliphatic rings. The molecule has 2 unspecified atom stereocenters. The van der Waals surface area contributed by atoms with E-state index >= 15 is 0 Å². The molecule has 0 radical (unpaired) electrons. The van der Waals surface area contributed by atoms with Gasteiger partial charge in [0.05, 0.1) is 0 Å². The highest BCUT2D eigenvalue weighted by atomic mass is 16.3. The second-order valence-electron chi connectivity index (χ2n) is 11.8. The molecule has 0 bridgehead atoms. The van der Waals surface area contributed by atoms with Crippen LogP contribution in [0.3, 0.4) is 0 Å². The van der Waals surface area contributed by atoms with Crippen LogP contribution in [0.1, 0.15) is 104 Å². The molecule has 38 heavy (non-hydrogen) atoms. The molecule has 2 atom stereocenters.